The predicted molar refractivity (Wildman–Crippen MR) is 170 cm³/mol. The summed E-state index contributed by atoms with van der Waals surface area (Å²) in [5, 5.41) is 15.9. The maximum atomic E-state index is 13.7. The van der Waals surface area contributed by atoms with Crippen LogP contribution in [-0.2, 0) is 16.4 Å². The Hall–Kier alpha value is -4.78. The number of azo groups is 1. The van der Waals surface area contributed by atoms with E-state index in [4.69, 9.17) is 10.6 Å². The molecule has 4 rings (SSSR count). The molecule has 0 atom stereocenters. The highest BCUT2D eigenvalue weighted by molar-refractivity contribution is 7.90. The average Bonchev–Trinajstić information content (AvgIpc) is 3.03. The van der Waals surface area contributed by atoms with E-state index in [9.17, 15) is 18.0 Å². The van der Waals surface area contributed by atoms with E-state index in [0.29, 0.717) is 22.9 Å². The lowest BCUT2D eigenvalue weighted by Crippen LogP contribution is -2.34. The minimum absolute atomic E-state index is 0.0294. The number of guanidine groups is 1. The summed E-state index contributed by atoms with van der Waals surface area (Å²) in [7, 11) is -0.799. The summed E-state index contributed by atoms with van der Waals surface area (Å²) in [6.45, 7) is 0.172. The molecule has 0 saturated heterocycles. The zero-order valence-electron chi connectivity index (χ0n) is 25.0. The van der Waals surface area contributed by atoms with Crippen LogP contribution in [0.4, 0.5) is 16.2 Å². The SMILES string of the molecule is CN=NC(=NN)NC(=O)c1ccc(CN(C(=O)Nc2ccc(OC)c(S(C)(=O)=O)c2)c2ccc(C3CCCCC3)cc2)cc1. The van der Waals surface area contributed by atoms with E-state index >= 15 is 0 Å². The van der Waals surface area contributed by atoms with Crippen LogP contribution in [0.3, 0.4) is 0 Å². The van der Waals surface area contributed by atoms with E-state index in [1.165, 1.54) is 51.1 Å². The number of carbonyl (C=O) groups is 2. The zero-order valence-corrected chi connectivity index (χ0v) is 25.8. The van der Waals surface area contributed by atoms with E-state index < -0.39 is 21.8 Å². The lowest BCUT2D eigenvalue weighted by molar-refractivity contribution is 0.0976. The molecule has 3 aromatic rings. The number of rotatable bonds is 8. The quantitative estimate of drug-likeness (QED) is 0.0999. The molecular weight excluding hydrogens is 582 g/mol. The molecule has 13 heteroatoms. The molecule has 4 N–H and O–H groups in total. The molecule has 0 aromatic heterocycles. The van der Waals surface area contributed by atoms with Crippen LogP contribution in [-0.4, -0.2) is 46.7 Å². The van der Waals surface area contributed by atoms with Gasteiger partial charge in [0.15, 0.2) is 9.84 Å². The minimum Gasteiger partial charge on any atom is -0.495 e. The van der Waals surface area contributed by atoms with Gasteiger partial charge in [-0.25, -0.2) is 13.2 Å². The van der Waals surface area contributed by atoms with Gasteiger partial charge in [0.1, 0.15) is 10.6 Å². The van der Waals surface area contributed by atoms with Gasteiger partial charge < -0.3 is 15.9 Å². The van der Waals surface area contributed by atoms with Crippen molar-refractivity contribution in [2.45, 2.75) is 49.5 Å². The van der Waals surface area contributed by atoms with Gasteiger partial charge in [-0.1, -0.05) is 43.5 Å². The van der Waals surface area contributed by atoms with Crippen LogP contribution in [0.1, 0.15) is 59.5 Å². The second kappa shape index (κ2) is 14.6. The lowest BCUT2D eigenvalue weighted by Gasteiger charge is -2.26. The fourth-order valence-corrected chi connectivity index (χ4v) is 6.03. The van der Waals surface area contributed by atoms with Gasteiger partial charge in [0, 0.05) is 30.2 Å². The normalized spacial score (nSPS) is 14.3. The number of ether oxygens (including phenoxy) is 1. The predicted octanol–water partition coefficient (Wildman–Crippen LogP) is 5.43. The Morgan fingerprint density at radius 2 is 1.68 bits per heavy atom. The first kappa shape index (κ1) is 32.1. The summed E-state index contributed by atoms with van der Waals surface area (Å²) in [6, 6.07) is 18.7. The van der Waals surface area contributed by atoms with Crippen molar-refractivity contribution in [1.29, 1.82) is 0 Å². The van der Waals surface area contributed by atoms with E-state index in [0.717, 1.165) is 24.7 Å². The highest BCUT2D eigenvalue weighted by Gasteiger charge is 2.21. The number of benzene rings is 3. The van der Waals surface area contributed by atoms with E-state index in [2.05, 4.69) is 38.1 Å². The maximum absolute atomic E-state index is 13.7. The molecule has 1 fully saturated rings. The Balaban J connectivity index is 1.60. The Bertz CT molecular complexity index is 1630. The summed E-state index contributed by atoms with van der Waals surface area (Å²) in [6.07, 6.45) is 7.09. The number of urea groups is 1. The van der Waals surface area contributed by atoms with Crippen LogP contribution in [0.25, 0.3) is 0 Å². The molecule has 1 aliphatic carbocycles. The van der Waals surface area contributed by atoms with Gasteiger partial charge in [-0.2, -0.15) is 5.11 Å². The lowest BCUT2D eigenvalue weighted by atomic mass is 9.84. The number of nitrogens with two attached hydrogens (primary N) is 1. The molecule has 0 unspecified atom stereocenters. The van der Waals surface area contributed by atoms with Crippen LogP contribution < -0.4 is 26.1 Å². The first-order chi connectivity index (χ1) is 21.1. The second-order valence-corrected chi connectivity index (χ2v) is 12.5. The molecule has 0 bridgehead atoms. The van der Waals surface area contributed by atoms with Crippen molar-refractivity contribution in [2.75, 3.05) is 30.6 Å². The third-order valence-electron chi connectivity index (χ3n) is 7.44. The highest BCUT2D eigenvalue weighted by Crippen LogP contribution is 2.34. The molecule has 3 amide bonds. The summed E-state index contributed by atoms with van der Waals surface area (Å²) in [4.78, 5) is 27.9. The number of nitrogens with zero attached hydrogens (tertiary/aromatic N) is 4. The first-order valence-corrected chi connectivity index (χ1v) is 16.1. The van der Waals surface area contributed by atoms with Gasteiger partial charge >= 0.3 is 6.03 Å². The van der Waals surface area contributed by atoms with Gasteiger partial charge in [-0.3, -0.25) is 15.0 Å². The summed E-state index contributed by atoms with van der Waals surface area (Å²) >= 11 is 0. The Morgan fingerprint density at radius 1 is 1.00 bits per heavy atom. The molecule has 0 radical (unpaired) electrons. The second-order valence-electron chi connectivity index (χ2n) is 10.5. The van der Waals surface area contributed by atoms with Crippen molar-refractivity contribution >= 4 is 39.1 Å². The molecule has 0 aliphatic heterocycles. The number of sulfone groups is 1. The molecule has 3 aromatic carbocycles. The Morgan fingerprint density at radius 3 is 2.27 bits per heavy atom. The number of hydrazone groups is 1. The highest BCUT2D eigenvalue weighted by atomic mass is 32.2. The largest absolute Gasteiger partial charge is 0.495 e. The number of hydrogen-bond donors (Lipinski definition) is 3. The molecular formula is C31H37N7O5S. The fourth-order valence-electron chi connectivity index (χ4n) is 5.17. The van der Waals surface area contributed by atoms with Crippen molar-refractivity contribution in [2.24, 2.45) is 21.2 Å². The molecule has 232 valence electrons. The van der Waals surface area contributed by atoms with Gasteiger partial charge in [0.25, 0.3) is 11.9 Å². The van der Waals surface area contributed by atoms with Crippen LogP contribution in [0.5, 0.6) is 5.75 Å². The number of amides is 3. The zero-order chi connectivity index (χ0) is 31.7. The Kier molecular flexibility index (Phi) is 10.7. The number of anilines is 2. The van der Waals surface area contributed by atoms with Crippen LogP contribution in [0.2, 0.25) is 0 Å². The smallest absolute Gasteiger partial charge is 0.326 e. The minimum atomic E-state index is -3.61. The average molecular weight is 620 g/mol. The van der Waals surface area contributed by atoms with Crippen molar-refractivity contribution in [3.8, 4) is 5.75 Å². The molecule has 0 spiro atoms. The van der Waals surface area contributed by atoms with Gasteiger partial charge in [-0.05, 0) is 72.4 Å². The van der Waals surface area contributed by atoms with Crippen molar-refractivity contribution in [3.63, 3.8) is 0 Å². The standard InChI is InChI=1S/C31H37N7O5S/c1-33-37-30(36-32)35-29(39)24-11-9-21(10-12-24)20-38(26-16-13-23(14-17-26)22-7-5-4-6-8-22)31(40)34-25-15-18-27(43-2)28(19-25)44(3,41)42/h9-19,22H,4-8,20,32H2,1-3H3,(H,34,40)(H,35,36,39). The van der Waals surface area contributed by atoms with Crippen LogP contribution in [0, 0.1) is 0 Å². The van der Waals surface area contributed by atoms with Crippen molar-refractivity contribution in [3.05, 3.63) is 83.4 Å². The molecule has 1 aliphatic rings. The monoisotopic (exact) mass is 619 g/mol. The summed E-state index contributed by atoms with van der Waals surface area (Å²) < 4.78 is 29.9. The van der Waals surface area contributed by atoms with Crippen LogP contribution >= 0.6 is 0 Å². The van der Waals surface area contributed by atoms with Gasteiger partial charge in [0.05, 0.1) is 13.7 Å². The van der Waals surface area contributed by atoms with Gasteiger partial charge in [0.2, 0.25) is 0 Å². The summed E-state index contributed by atoms with van der Waals surface area (Å²) in [5.74, 6) is 5.34. The number of nitrogens with one attached hydrogen (secondary N) is 2. The van der Waals surface area contributed by atoms with Gasteiger partial charge in [-0.15, -0.1) is 10.2 Å². The fraction of sp³-hybridized carbons (Fsp3) is 0.323. The molecule has 12 nitrogen and oxygen atoms in total. The molecule has 0 heterocycles. The van der Waals surface area contributed by atoms with E-state index in [1.54, 1.807) is 35.2 Å². The summed E-state index contributed by atoms with van der Waals surface area (Å²) in [5.41, 5.74) is 3.30. The third kappa shape index (κ3) is 8.19. The van der Waals surface area contributed by atoms with Crippen molar-refractivity contribution < 1.29 is 22.7 Å². The van der Waals surface area contributed by atoms with Crippen molar-refractivity contribution in [1.82, 2.24) is 5.32 Å². The van der Waals surface area contributed by atoms with Crippen LogP contribution in [0.15, 0.2) is 87.0 Å². The first-order valence-electron chi connectivity index (χ1n) is 14.2. The Labute approximate surface area is 257 Å². The third-order valence-corrected chi connectivity index (χ3v) is 8.56. The number of methoxy groups -OCH3 is 1. The van der Waals surface area contributed by atoms with E-state index in [-0.39, 0.29) is 23.1 Å². The number of hydrogen-bond acceptors (Lipinski definition) is 8. The topological polar surface area (TPSA) is 168 Å². The van der Waals surface area contributed by atoms with E-state index in [1.807, 2.05) is 12.1 Å². The molecule has 44 heavy (non-hydrogen) atoms. The maximum Gasteiger partial charge on any atom is 0.326 e. The molecule has 1 saturated carbocycles. The number of carbonyl (C=O) groups excluding carboxylic acids is 2.